The minimum atomic E-state index is -4.55. The Morgan fingerprint density at radius 1 is 1.27 bits per heavy atom. The molecule has 0 amide bonds. The average Bonchev–Trinajstić information content (AvgIpc) is 2.44. The van der Waals surface area contributed by atoms with E-state index in [2.05, 4.69) is 19.9 Å². The number of imidazole rings is 1. The Bertz CT molecular complexity index is 632. The van der Waals surface area contributed by atoms with Gasteiger partial charge >= 0.3 is 10.1 Å². The number of aromatic nitrogens is 4. The molecule has 80 valence electrons. The van der Waals surface area contributed by atoms with Crippen molar-refractivity contribution >= 4 is 27.1 Å². The standard InChI is InChI=1S/C5H5N5O4S/c6-2-1-3(9-4(11)7-1)10-5(8-2)15(12,13)14/h(H,12,13,14)(H4,6,7,8,9,10,11). The second kappa shape index (κ2) is 2.77. The highest BCUT2D eigenvalue weighted by molar-refractivity contribution is 7.85. The van der Waals surface area contributed by atoms with Gasteiger partial charge in [0.05, 0.1) is 0 Å². The first-order chi connectivity index (χ1) is 6.88. The molecule has 0 aliphatic carbocycles. The number of hydrogen-bond acceptors (Lipinski definition) is 7. The molecule has 0 spiro atoms. The van der Waals surface area contributed by atoms with Gasteiger partial charge < -0.3 is 15.8 Å². The summed E-state index contributed by atoms with van der Waals surface area (Å²) in [5.41, 5.74) is 5.31. The summed E-state index contributed by atoms with van der Waals surface area (Å²) in [5.74, 6) is -0.236. The fourth-order valence-corrected chi connectivity index (χ4v) is 1.42. The van der Waals surface area contributed by atoms with Crippen LogP contribution in [0.4, 0.5) is 5.82 Å². The van der Waals surface area contributed by atoms with Crippen LogP contribution in [0.2, 0.25) is 0 Å². The Balaban J connectivity index is 2.84. The van der Waals surface area contributed by atoms with E-state index in [1.54, 1.807) is 0 Å². The van der Waals surface area contributed by atoms with E-state index in [0.717, 1.165) is 0 Å². The zero-order chi connectivity index (χ0) is 11.2. The fourth-order valence-electron chi connectivity index (χ4n) is 1.00. The highest BCUT2D eigenvalue weighted by Gasteiger charge is 2.18. The summed E-state index contributed by atoms with van der Waals surface area (Å²) in [6.07, 6.45) is 0. The van der Waals surface area contributed by atoms with Crippen LogP contribution in [0.15, 0.2) is 5.16 Å². The van der Waals surface area contributed by atoms with Gasteiger partial charge in [-0.1, -0.05) is 0 Å². The van der Waals surface area contributed by atoms with Gasteiger partial charge in [-0.25, -0.2) is 0 Å². The summed E-state index contributed by atoms with van der Waals surface area (Å²) in [4.78, 5) is 12.5. The van der Waals surface area contributed by atoms with Crippen molar-refractivity contribution in [2.75, 3.05) is 5.73 Å². The zero-order valence-corrected chi connectivity index (χ0v) is 7.85. The molecule has 0 aliphatic rings. The van der Waals surface area contributed by atoms with Gasteiger partial charge in [0.15, 0.2) is 11.5 Å². The SMILES string of the molecule is Nc1nc(S(=O)(=O)O)nc2nc(O)[nH]c12. The van der Waals surface area contributed by atoms with Gasteiger partial charge in [-0.3, -0.25) is 4.55 Å². The van der Waals surface area contributed by atoms with Gasteiger partial charge in [0.1, 0.15) is 5.52 Å². The Morgan fingerprint density at radius 3 is 2.53 bits per heavy atom. The number of nitrogen functional groups attached to an aromatic ring is 1. The molecule has 2 rings (SSSR count). The topological polar surface area (TPSA) is 155 Å². The van der Waals surface area contributed by atoms with Gasteiger partial charge in [-0.05, 0) is 0 Å². The lowest BCUT2D eigenvalue weighted by Gasteiger charge is -1.97. The summed E-state index contributed by atoms with van der Waals surface area (Å²) in [7, 11) is -4.55. The number of H-pyrrole nitrogens is 1. The molecular formula is C5H5N5O4S. The Morgan fingerprint density at radius 2 is 1.93 bits per heavy atom. The minimum absolute atomic E-state index is 0.0971. The van der Waals surface area contributed by atoms with E-state index in [-0.39, 0.29) is 17.0 Å². The zero-order valence-electron chi connectivity index (χ0n) is 7.04. The van der Waals surface area contributed by atoms with Gasteiger partial charge in [0, 0.05) is 0 Å². The van der Waals surface area contributed by atoms with Crippen LogP contribution in [0.25, 0.3) is 11.2 Å². The average molecular weight is 231 g/mol. The summed E-state index contributed by atoms with van der Waals surface area (Å²) >= 11 is 0. The summed E-state index contributed by atoms with van der Waals surface area (Å²) in [6, 6.07) is -0.474. The molecule has 0 bridgehead atoms. The molecule has 2 aromatic heterocycles. The lowest BCUT2D eigenvalue weighted by atomic mass is 10.5. The predicted octanol–water partition coefficient (Wildman–Crippen LogP) is -1.11. The first kappa shape index (κ1) is 9.61. The third-order valence-electron chi connectivity index (χ3n) is 1.58. The number of aromatic amines is 1. The van der Waals surface area contributed by atoms with Crippen molar-refractivity contribution in [2.45, 2.75) is 5.16 Å². The normalized spacial score (nSPS) is 12.1. The van der Waals surface area contributed by atoms with E-state index in [9.17, 15) is 8.42 Å². The number of nitrogens with one attached hydrogen (secondary N) is 1. The van der Waals surface area contributed by atoms with Crippen molar-refractivity contribution in [2.24, 2.45) is 0 Å². The first-order valence-corrected chi connectivity index (χ1v) is 5.01. The van der Waals surface area contributed by atoms with Crippen LogP contribution in [0.5, 0.6) is 6.01 Å². The van der Waals surface area contributed by atoms with Crippen molar-refractivity contribution in [1.82, 2.24) is 19.9 Å². The molecule has 0 atom stereocenters. The van der Waals surface area contributed by atoms with Gasteiger partial charge in [-0.15, -0.1) is 0 Å². The number of rotatable bonds is 1. The summed E-state index contributed by atoms with van der Waals surface area (Å²) < 4.78 is 30.1. The van der Waals surface area contributed by atoms with Crippen molar-refractivity contribution < 1.29 is 18.1 Å². The highest BCUT2D eigenvalue weighted by Crippen LogP contribution is 2.19. The number of anilines is 1. The maximum atomic E-state index is 10.7. The number of nitrogens with zero attached hydrogens (tertiary/aromatic N) is 3. The van der Waals surface area contributed by atoms with Crippen LogP contribution in [-0.2, 0) is 10.1 Å². The van der Waals surface area contributed by atoms with Crippen LogP contribution in [-0.4, -0.2) is 38.0 Å². The second-order valence-corrected chi connectivity index (χ2v) is 3.94. The quantitative estimate of drug-likeness (QED) is 0.355. The Kier molecular flexibility index (Phi) is 1.78. The largest absolute Gasteiger partial charge is 0.480 e. The van der Waals surface area contributed by atoms with Crippen molar-refractivity contribution in [1.29, 1.82) is 0 Å². The van der Waals surface area contributed by atoms with Crippen LogP contribution in [0.3, 0.4) is 0 Å². The van der Waals surface area contributed by atoms with Crippen molar-refractivity contribution in [3.8, 4) is 6.01 Å². The van der Waals surface area contributed by atoms with Gasteiger partial charge in [-0.2, -0.15) is 23.4 Å². The van der Waals surface area contributed by atoms with Crippen LogP contribution in [0, 0.1) is 0 Å². The van der Waals surface area contributed by atoms with Gasteiger partial charge in [0.25, 0.3) is 11.2 Å². The van der Waals surface area contributed by atoms with E-state index in [4.69, 9.17) is 15.4 Å². The van der Waals surface area contributed by atoms with E-state index in [1.807, 2.05) is 0 Å². The molecule has 0 unspecified atom stereocenters. The van der Waals surface area contributed by atoms with Crippen LogP contribution in [0.1, 0.15) is 0 Å². The molecule has 5 N–H and O–H groups in total. The van der Waals surface area contributed by atoms with Crippen molar-refractivity contribution in [3.63, 3.8) is 0 Å². The smallest absolute Gasteiger partial charge is 0.330 e. The first-order valence-electron chi connectivity index (χ1n) is 3.57. The Hall–Kier alpha value is -1.94. The van der Waals surface area contributed by atoms with Crippen LogP contribution < -0.4 is 5.73 Å². The molecule has 2 heterocycles. The maximum absolute atomic E-state index is 10.7. The molecule has 0 fully saturated rings. The number of hydrogen-bond donors (Lipinski definition) is 4. The predicted molar refractivity (Wildman–Crippen MR) is 47.6 cm³/mol. The molecule has 15 heavy (non-hydrogen) atoms. The highest BCUT2D eigenvalue weighted by atomic mass is 32.2. The van der Waals surface area contributed by atoms with E-state index < -0.39 is 21.3 Å². The monoisotopic (exact) mass is 231 g/mol. The molecule has 10 heteroatoms. The molecule has 0 aliphatic heterocycles. The molecular weight excluding hydrogens is 226 g/mol. The lowest BCUT2D eigenvalue weighted by Crippen LogP contribution is -2.07. The number of nitrogens with two attached hydrogens (primary N) is 1. The molecule has 0 saturated heterocycles. The fraction of sp³-hybridized carbons (Fsp3) is 0. The third-order valence-corrected chi connectivity index (χ3v) is 2.22. The maximum Gasteiger partial charge on any atom is 0.330 e. The Labute approximate surface area is 82.7 Å². The minimum Gasteiger partial charge on any atom is -0.480 e. The molecule has 0 aromatic carbocycles. The van der Waals surface area contributed by atoms with E-state index >= 15 is 0 Å². The molecule has 2 aromatic rings. The molecule has 0 saturated carbocycles. The van der Waals surface area contributed by atoms with Gasteiger partial charge in [0.2, 0.25) is 0 Å². The van der Waals surface area contributed by atoms with E-state index in [0.29, 0.717) is 0 Å². The van der Waals surface area contributed by atoms with Crippen molar-refractivity contribution in [3.05, 3.63) is 0 Å². The molecule has 0 radical (unpaired) electrons. The molecule has 9 nitrogen and oxygen atoms in total. The summed E-state index contributed by atoms with van der Waals surface area (Å²) in [6.45, 7) is 0. The number of aromatic hydroxyl groups is 1. The lowest BCUT2D eigenvalue weighted by molar-refractivity contribution is 0.438. The third kappa shape index (κ3) is 1.55. The van der Waals surface area contributed by atoms with Crippen LogP contribution >= 0.6 is 0 Å². The number of fused-ring (bicyclic) bond motifs is 1. The van der Waals surface area contributed by atoms with E-state index in [1.165, 1.54) is 0 Å². The summed E-state index contributed by atoms with van der Waals surface area (Å²) in [5, 5.41) is 8.11. The second-order valence-electron chi connectivity index (χ2n) is 2.63.